The minimum Gasteiger partial charge on any atom is -0.396 e. The Labute approximate surface area is 79.8 Å². The molecule has 0 aliphatic rings. The van der Waals surface area contributed by atoms with Crippen molar-refractivity contribution in [3.05, 3.63) is 0 Å². The largest absolute Gasteiger partial charge is 0.396 e. The zero-order valence-corrected chi connectivity index (χ0v) is 8.48. The van der Waals surface area contributed by atoms with Crippen LogP contribution in [0, 0.1) is 0 Å². The third-order valence-electron chi connectivity index (χ3n) is 1.33. The fourth-order valence-corrected chi connectivity index (χ4v) is 0.574. The van der Waals surface area contributed by atoms with Gasteiger partial charge in [-0.15, -0.1) is 0 Å². The first-order chi connectivity index (χ1) is 6.04. The molecule has 4 heteroatoms. The lowest BCUT2D eigenvalue weighted by molar-refractivity contribution is 0.148. The van der Waals surface area contributed by atoms with Gasteiger partial charge < -0.3 is 20.4 Å². The third-order valence-corrected chi connectivity index (χ3v) is 1.33. The van der Waals surface area contributed by atoms with E-state index in [1.807, 2.05) is 0 Å². The van der Waals surface area contributed by atoms with Crippen molar-refractivity contribution >= 4 is 0 Å². The first-order valence-corrected chi connectivity index (χ1v) is 4.62. The second-order valence-electron chi connectivity index (χ2n) is 3.08. The summed E-state index contributed by atoms with van der Waals surface area (Å²) in [5, 5.41) is 33.2. The van der Waals surface area contributed by atoms with E-state index in [1.165, 1.54) is 0 Å². The molecule has 0 spiro atoms. The molecule has 2 atom stereocenters. The van der Waals surface area contributed by atoms with Crippen molar-refractivity contribution < 1.29 is 20.4 Å². The van der Waals surface area contributed by atoms with Crippen molar-refractivity contribution in [2.45, 2.75) is 45.3 Å². The molecule has 0 aliphatic carbocycles. The zero-order chi connectivity index (χ0) is 10.7. The molecule has 82 valence electrons. The fraction of sp³-hybridized carbons (Fsp3) is 1.00. The average Bonchev–Trinajstić information content (AvgIpc) is 2.01. The molecule has 4 nitrogen and oxygen atoms in total. The molecule has 0 amide bonds. The Bertz CT molecular complexity index is 83.7. The molecule has 0 aromatic rings. The summed E-state index contributed by atoms with van der Waals surface area (Å²) in [4.78, 5) is 0. The molecule has 2 unspecified atom stereocenters. The predicted molar refractivity (Wildman–Crippen MR) is 51.4 cm³/mol. The molecule has 0 saturated heterocycles. The molecule has 0 heterocycles. The highest BCUT2D eigenvalue weighted by Gasteiger charge is 1.91. The summed E-state index contributed by atoms with van der Waals surface area (Å²) in [7, 11) is 0. The number of hydrogen-bond acceptors (Lipinski definition) is 4. The van der Waals surface area contributed by atoms with Gasteiger partial charge in [-0.3, -0.25) is 0 Å². The van der Waals surface area contributed by atoms with Gasteiger partial charge in [0.1, 0.15) is 0 Å². The number of aliphatic hydroxyl groups is 4. The first kappa shape index (κ1) is 15.3. The summed E-state index contributed by atoms with van der Waals surface area (Å²) < 4.78 is 0. The van der Waals surface area contributed by atoms with Crippen LogP contribution in [0.5, 0.6) is 0 Å². The normalized spacial score (nSPS) is 14.3. The summed E-state index contributed by atoms with van der Waals surface area (Å²) in [6.45, 7) is 3.63. The van der Waals surface area contributed by atoms with Gasteiger partial charge in [0.05, 0.1) is 12.2 Å². The molecule has 0 rings (SSSR count). The Morgan fingerprint density at radius 1 is 0.846 bits per heavy atom. The Morgan fingerprint density at radius 2 is 1.31 bits per heavy atom. The monoisotopic (exact) mass is 194 g/mol. The van der Waals surface area contributed by atoms with Crippen LogP contribution in [0.15, 0.2) is 0 Å². The van der Waals surface area contributed by atoms with E-state index >= 15 is 0 Å². The van der Waals surface area contributed by atoms with Crippen LogP contribution in [0.3, 0.4) is 0 Å². The summed E-state index contributed by atoms with van der Waals surface area (Å²) >= 11 is 0. The topological polar surface area (TPSA) is 80.9 Å². The zero-order valence-electron chi connectivity index (χ0n) is 8.48. The molecule has 0 radical (unpaired) electrons. The number of hydrogen-bond donors (Lipinski definition) is 4. The van der Waals surface area contributed by atoms with Crippen molar-refractivity contribution in [3.8, 4) is 0 Å². The molecular weight excluding hydrogens is 172 g/mol. The van der Waals surface area contributed by atoms with Gasteiger partial charge in [0, 0.05) is 13.2 Å². The highest BCUT2D eigenvalue weighted by atomic mass is 16.3. The van der Waals surface area contributed by atoms with E-state index in [0.717, 1.165) is 0 Å². The van der Waals surface area contributed by atoms with Crippen LogP contribution in [-0.4, -0.2) is 45.8 Å². The van der Waals surface area contributed by atoms with Gasteiger partial charge in [-0.05, 0) is 33.1 Å². The second-order valence-corrected chi connectivity index (χ2v) is 3.08. The molecule has 13 heavy (non-hydrogen) atoms. The standard InChI is InChI=1S/C5H12O2.C4H10O2/c1-5(7)3-2-4-6;1-4(6)2-3-5/h5-7H,2-4H2,1H3;4-6H,2-3H2,1H3. The van der Waals surface area contributed by atoms with E-state index in [2.05, 4.69) is 0 Å². The number of aliphatic hydroxyl groups excluding tert-OH is 4. The maximum Gasteiger partial charge on any atom is 0.0533 e. The lowest BCUT2D eigenvalue weighted by Crippen LogP contribution is -2.00. The SMILES string of the molecule is CC(O)CCCO.CC(O)CCO. The van der Waals surface area contributed by atoms with Gasteiger partial charge >= 0.3 is 0 Å². The molecule has 0 aromatic carbocycles. The van der Waals surface area contributed by atoms with Crippen LogP contribution < -0.4 is 0 Å². The molecular formula is C9H22O4. The van der Waals surface area contributed by atoms with Crippen molar-refractivity contribution in [2.24, 2.45) is 0 Å². The summed E-state index contributed by atoms with van der Waals surface area (Å²) in [5.41, 5.74) is 0. The predicted octanol–water partition coefficient (Wildman–Crippen LogP) is -0.111. The molecule has 0 saturated carbocycles. The Balaban J connectivity index is 0. The van der Waals surface area contributed by atoms with E-state index < -0.39 is 0 Å². The minimum atomic E-state index is -0.352. The molecule has 0 aliphatic heterocycles. The molecule has 0 bridgehead atoms. The highest BCUT2D eigenvalue weighted by molar-refractivity contribution is 4.43. The smallest absolute Gasteiger partial charge is 0.0533 e. The summed E-state index contributed by atoms with van der Waals surface area (Å²) in [6.07, 6.45) is 1.29. The second kappa shape index (κ2) is 11.8. The minimum absolute atomic E-state index is 0.0810. The quantitative estimate of drug-likeness (QED) is 0.492. The van der Waals surface area contributed by atoms with Gasteiger partial charge in [0.2, 0.25) is 0 Å². The van der Waals surface area contributed by atoms with Gasteiger partial charge in [-0.2, -0.15) is 0 Å². The van der Waals surface area contributed by atoms with E-state index in [1.54, 1.807) is 13.8 Å². The van der Waals surface area contributed by atoms with Crippen molar-refractivity contribution in [3.63, 3.8) is 0 Å². The van der Waals surface area contributed by atoms with Crippen molar-refractivity contribution in [2.75, 3.05) is 13.2 Å². The van der Waals surface area contributed by atoms with Gasteiger partial charge in [-0.25, -0.2) is 0 Å². The summed E-state index contributed by atoms with van der Waals surface area (Å²) in [6, 6.07) is 0. The van der Waals surface area contributed by atoms with E-state index in [0.29, 0.717) is 19.3 Å². The van der Waals surface area contributed by atoms with Gasteiger partial charge in [-0.1, -0.05) is 0 Å². The maximum absolute atomic E-state index is 8.57. The van der Waals surface area contributed by atoms with Crippen LogP contribution in [-0.2, 0) is 0 Å². The van der Waals surface area contributed by atoms with E-state index in [9.17, 15) is 0 Å². The lowest BCUT2D eigenvalue weighted by Gasteiger charge is -1.98. The molecule has 4 N–H and O–H groups in total. The van der Waals surface area contributed by atoms with Crippen LogP contribution >= 0.6 is 0 Å². The molecule has 0 aromatic heterocycles. The maximum atomic E-state index is 8.57. The average molecular weight is 194 g/mol. The Kier molecular flexibility index (Phi) is 14.0. The Morgan fingerprint density at radius 3 is 1.38 bits per heavy atom. The van der Waals surface area contributed by atoms with Crippen LogP contribution in [0.4, 0.5) is 0 Å². The van der Waals surface area contributed by atoms with Crippen LogP contribution in [0.2, 0.25) is 0 Å². The summed E-state index contributed by atoms with van der Waals surface area (Å²) in [5.74, 6) is 0. The highest BCUT2D eigenvalue weighted by Crippen LogP contribution is 1.92. The van der Waals surface area contributed by atoms with Crippen LogP contribution in [0.25, 0.3) is 0 Å². The van der Waals surface area contributed by atoms with Crippen molar-refractivity contribution in [1.29, 1.82) is 0 Å². The van der Waals surface area contributed by atoms with Crippen LogP contribution in [0.1, 0.15) is 33.1 Å². The molecule has 0 fully saturated rings. The Hall–Kier alpha value is -0.160. The van der Waals surface area contributed by atoms with E-state index in [4.69, 9.17) is 20.4 Å². The lowest BCUT2D eigenvalue weighted by atomic mass is 10.2. The number of rotatable bonds is 5. The fourth-order valence-electron chi connectivity index (χ4n) is 0.574. The van der Waals surface area contributed by atoms with Gasteiger partial charge in [0.15, 0.2) is 0 Å². The third kappa shape index (κ3) is 24.5. The first-order valence-electron chi connectivity index (χ1n) is 4.62. The van der Waals surface area contributed by atoms with E-state index in [-0.39, 0.29) is 25.4 Å². The van der Waals surface area contributed by atoms with Gasteiger partial charge in [0.25, 0.3) is 0 Å². The van der Waals surface area contributed by atoms with Crippen molar-refractivity contribution in [1.82, 2.24) is 0 Å².